The lowest BCUT2D eigenvalue weighted by molar-refractivity contribution is 0.406. The molecule has 94 valence electrons. The van der Waals surface area contributed by atoms with Crippen LogP contribution in [0.2, 0.25) is 0 Å². The van der Waals surface area contributed by atoms with Crippen molar-refractivity contribution < 1.29 is 8.78 Å². The molecule has 0 heterocycles. The number of benzene rings is 1. The second-order valence-electron chi connectivity index (χ2n) is 4.74. The Bertz CT molecular complexity index is 420. The Balaban J connectivity index is 2.22. The Labute approximate surface area is 117 Å². The Kier molecular flexibility index (Phi) is 4.24. The van der Waals surface area contributed by atoms with E-state index >= 15 is 0 Å². The van der Waals surface area contributed by atoms with Crippen molar-refractivity contribution in [1.29, 1.82) is 0 Å². The number of hydrogen-bond donors (Lipinski definition) is 0. The van der Waals surface area contributed by atoms with E-state index in [-0.39, 0.29) is 5.56 Å². The molecule has 0 bridgehead atoms. The zero-order valence-electron chi connectivity index (χ0n) is 9.52. The van der Waals surface area contributed by atoms with Crippen LogP contribution in [0.3, 0.4) is 0 Å². The maximum Gasteiger partial charge on any atom is 0.143 e. The first-order valence-electron chi connectivity index (χ1n) is 5.77. The third-order valence-electron chi connectivity index (χ3n) is 3.73. The summed E-state index contributed by atoms with van der Waals surface area (Å²) in [6.07, 6.45) is 2.60. The van der Waals surface area contributed by atoms with Gasteiger partial charge in [0.25, 0.3) is 0 Å². The van der Waals surface area contributed by atoms with Gasteiger partial charge in [-0.15, -0.1) is 0 Å². The molecule has 1 saturated carbocycles. The van der Waals surface area contributed by atoms with Crippen LogP contribution < -0.4 is 0 Å². The standard InChI is InChI=1S/C13H14Br2F2/c1-7-8(2-3-10(7)14)6-9-12(16)5-4-11(15)13(9)17/h4-5,7-8,10H,2-3,6H2,1H3. The summed E-state index contributed by atoms with van der Waals surface area (Å²) >= 11 is 6.72. The molecule has 1 aromatic carbocycles. The van der Waals surface area contributed by atoms with Crippen molar-refractivity contribution >= 4 is 31.9 Å². The largest absolute Gasteiger partial charge is 0.207 e. The van der Waals surface area contributed by atoms with Gasteiger partial charge in [-0.25, -0.2) is 8.78 Å². The fraction of sp³-hybridized carbons (Fsp3) is 0.538. The first kappa shape index (κ1) is 13.5. The van der Waals surface area contributed by atoms with E-state index in [1.165, 1.54) is 12.1 Å². The van der Waals surface area contributed by atoms with Crippen molar-refractivity contribution in [1.82, 2.24) is 0 Å². The summed E-state index contributed by atoms with van der Waals surface area (Å²) in [4.78, 5) is 0.478. The Morgan fingerprint density at radius 2 is 2.00 bits per heavy atom. The van der Waals surface area contributed by atoms with Crippen molar-refractivity contribution in [3.63, 3.8) is 0 Å². The van der Waals surface area contributed by atoms with Gasteiger partial charge in [0, 0.05) is 10.4 Å². The summed E-state index contributed by atoms with van der Waals surface area (Å²) in [7, 11) is 0. The van der Waals surface area contributed by atoms with Crippen LogP contribution in [0.15, 0.2) is 16.6 Å². The van der Waals surface area contributed by atoms with E-state index in [0.717, 1.165) is 12.8 Å². The lowest BCUT2D eigenvalue weighted by Crippen LogP contribution is -2.14. The van der Waals surface area contributed by atoms with Crippen LogP contribution in [0.25, 0.3) is 0 Å². The van der Waals surface area contributed by atoms with Gasteiger partial charge < -0.3 is 0 Å². The fourth-order valence-corrected chi connectivity index (χ4v) is 3.57. The second kappa shape index (κ2) is 5.35. The molecular formula is C13H14Br2F2. The first-order valence-corrected chi connectivity index (χ1v) is 7.48. The van der Waals surface area contributed by atoms with E-state index in [4.69, 9.17) is 0 Å². The van der Waals surface area contributed by atoms with Crippen LogP contribution in [-0.4, -0.2) is 4.83 Å². The van der Waals surface area contributed by atoms with E-state index < -0.39 is 11.6 Å². The van der Waals surface area contributed by atoms with Crippen LogP contribution in [0.5, 0.6) is 0 Å². The summed E-state index contributed by atoms with van der Waals surface area (Å²) < 4.78 is 27.8. The average Bonchev–Trinajstić information content (AvgIpc) is 2.61. The van der Waals surface area contributed by atoms with Crippen LogP contribution in [0, 0.1) is 23.5 Å². The van der Waals surface area contributed by atoms with Gasteiger partial charge in [-0.1, -0.05) is 22.9 Å². The minimum Gasteiger partial charge on any atom is -0.207 e. The molecule has 2 rings (SSSR count). The molecule has 1 aliphatic rings. The molecule has 0 saturated heterocycles. The second-order valence-corrected chi connectivity index (χ2v) is 6.77. The molecule has 3 unspecified atom stereocenters. The lowest BCUT2D eigenvalue weighted by atomic mass is 9.90. The van der Waals surface area contributed by atoms with Gasteiger partial charge in [0.1, 0.15) is 11.6 Å². The highest BCUT2D eigenvalue weighted by molar-refractivity contribution is 9.10. The lowest BCUT2D eigenvalue weighted by Gasteiger charge is -2.18. The van der Waals surface area contributed by atoms with Crippen molar-refractivity contribution in [2.75, 3.05) is 0 Å². The van der Waals surface area contributed by atoms with Gasteiger partial charge in [0.2, 0.25) is 0 Å². The number of hydrogen-bond acceptors (Lipinski definition) is 0. The molecular weight excluding hydrogens is 354 g/mol. The van der Waals surface area contributed by atoms with Crippen LogP contribution in [0.4, 0.5) is 8.78 Å². The molecule has 0 aliphatic heterocycles. The molecule has 1 aliphatic carbocycles. The Morgan fingerprint density at radius 1 is 1.29 bits per heavy atom. The predicted octanol–water partition coefficient (Wildman–Crippen LogP) is 5.08. The molecule has 0 nitrogen and oxygen atoms in total. The van der Waals surface area contributed by atoms with E-state index in [1.54, 1.807) is 0 Å². The Hall–Kier alpha value is 0.0400. The van der Waals surface area contributed by atoms with Crippen molar-refractivity contribution in [2.24, 2.45) is 11.8 Å². The summed E-state index contributed by atoms with van der Waals surface area (Å²) in [6.45, 7) is 2.14. The third-order valence-corrected chi connectivity index (χ3v) is 5.64. The Morgan fingerprint density at radius 3 is 2.59 bits per heavy atom. The normalized spacial score (nSPS) is 28.6. The molecule has 0 amide bonds. The number of halogens is 4. The SMILES string of the molecule is CC1C(Br)CCC1Cc1c(F)ccc(Br)c1F. The molecule has 1 aromatic rings. The zero-order chi connectivity index (χ0) is 12.6. The molecule has 4 heteroatoms. The minimum absolute atomic E-state index is 0.220. The van der Waals surface area contributed by atoms with Crippen LogP contribution in [-0.2, 0) is 6.42 Å². The molecule has 0 N–H and O–H groups in total. The van der Waals surface area contributed by atoms with Crippen molar-refractivity contribution in [3.05, 3.63) is 33.8 Å². The molecule has 3 atom stereocenters. The maximum atomic E-state index is 13.8. The summed E-state index contributed by atoms with van der Waals surface area (Å²) in [6, 6.07) is 2.74. The molecule has 0 radical (unpaired) electrons. The minimum atomic E-state index is -0.449. The topological polar surface area (TPSA) is 0 Å². The summed E-state index contributed by atoms with van der Waals surface area (Å²) in [5.41, 5.74) is 0.220. The fourth-order valence-electron chi connectivity index (χ4n) is 2.50. The number of rotatable bonds is 2. The predicted molar refractivity (Wildman–Crippen MR) is 72.4 cm³/mol. The zero-order valence-corrected chi connectivity index (χ0v) is 12.7. The van der Waals surface area contributed by atoms with Crippen LogP contribution in [0.1, 0.15) is 25.3 Å². The van der Waals surface area contributed by atoms with E-state index in [0.29, 0.717) is 27.6 Å². The third kappa shape index (κ3) is 2.73. The van der Waals surface area contributed by atoms with Gasteiger partial charge in [-0.3, -0.25) is 0 Å². The maximum absolute atomic E-state index is 13.8. The molecule has 17 heavy (non-hydrogen) atoms. The van der Waals surface area contributed by atoms with Crippen molar-refractivity contribution in [2.45, 2.75) is 31.0 Å². The van der Waals surface area contributed by atoms with E-state index in [1.807, 2.05) is 0 Å². The average molecular weight is 368 g/mol. The monoisotopic (exact) mass is 366 g/mol. The van der Waals surface area contributed by atoms with E-state index in [2.05, 4.69) is 38.8 Å². The smallest absolute Gasteiger partial charge is 0.143 e. The molecule has 0 aromatic heterocycles. The van der Waals surface area contributed by atoms with E-state index in [9.17, 15) is 8.78 Å². The van der Waals surface area contributed by atoms with Gasteiger partial charge >= 0.3 is 0 Å². The quantitative estimate of drug-likeness (QED) is 0.505. The molecule has 1 fully saturated rings. The summed E-state index contributed by atoms with van der Waals surface area (Å²) in [5, 5.41) is 0. The molecule has 0 spiro atoms. The van der Waals surface area contributed by atoms with Gasteiger partial charge in [-0.2, -0.15) is 0 Å². The van der Waals surface area contributed by atoms with Gasteiger partial charge in [-0.05, 0) is 59.2 Å². The first-order chi connectivity index (χ1) is 8.00. The summed E-state index contributed by atoms with van der Waals surface area (Å²) in [5.74, 6) is -0.0587. The van der Waals surface area contributed by atoms with Gasteiger partial charge in [0.15, 0.2) is 0 Å². The van der Waals surface area contributed by atoms with Gasteiger partial charge in [0.05, 0.1) is 4.47 Å². The van der Waals surface area contributed by atoms with Crippen LogP contribution >= 0.6 is 31.9 Å². The highest BCUT2D eigenvalue weighted by Gasteiger charge is 2.32. The highest BCUT2D eigenvalue weighted by Crippen LogP contribution is 2.39. The van der Waals surface area contributed by atoms with Crippen molar-refractivity contribution in [3.8, 4) is 0 Å². The highest BCUT2D eigenvalue weighted by atomic mass is 79.9. The number of alkyl halides is 1.